The molecule has 36 heavy (non-hydrogen) atoms. The first-order valence-electron chi connectivity index (χ1n) is 15.1. The second kappa shape index (κ2) is 8.91. The largest absolute Gasteiger partial charge is 0.411 e. The smallest absolute Gasteiger partial charge is 0.0614 e. The van der Waals surface area contributed by atoms with Crippen molar-refractivity contribution in [2.75, 3.05) is 0 Å². The molecular weight excluding hydrogens is 440 g/mol. The van der Waals surface area contributed by atoms with Crippen LogP contribution in [0, 0.1) is 52.3 Å². The van der Waals surface area contributed by atoms with Gasteiger partial charge in [-0.15, -0.1) is 0 Å². The average Bonchev–Trinajstić information content (AvgIpc) is 3.38. The van der Waals surface area contributed by atoms with Crippen LogP contribution >= 0.6 is 0 Å². The maximum Gasteiger partial charge on any atom is 0.0614 e. The Balaban J connectivity index is 1.30. The molecule has 0 saturated heterocycles. The van der Waals surface area contributed by atoms with Crippen LogP contribution < -0.4 is 0 Å². The number of rotatable bonds is 5. The highest BCUT2D eigenvalue weighted by Gasteiger charge is 2.62. The second-order valence-electron chi connectivity index (χ2n) is 14.3. The van der Waals surface area contributed by atoms with Crippen molar-refractivity contribution in [2.45, 2.75) is 98.8 Å². The van der Waals surface area contributed by atoms with Crippen LogP contribution in [0.25, 0.3) is 10.9 Å². The molecule has 0 bridgehead atoms. The summed E-state index contributed by atoms with van der Waals surface area (Å²) in [6.07, 6.45) is 12.8. The molecule has 2 N–H and O–H groups in total. The highest BCUT2D eigenvalue weighted by Crippen LogP contribution is 2.67. The normalized spacial score (nSPS) is 39.6. The lowest BCUT2D eigenvalue weighted by Gasteiger charge is -2.60. The lowest BCUT2D eigenvalue weighted by atomic mass is 9.44. The fourth-order valence-electron chi connectivity index (χ4n) is 10.4. The van der Waals surface area contributed by atoms with E-state index in [2.05, 4.69) is 69.0 Å². The highest BCUT2D eigenvalue weighted by molar-refractivity contribution is 5.91. The van der Waals surface area contributed by atoms with Crippen molar-refractivity contribution in [3.05, 3.63) is 35.5 Å². The van der Waals surface area contributed by atoms with Gasteiger partial charge in [-0.3, -0.25) is 0 Å². The number of nitrogens with zero attached hydrogens (tertiary/aromatic N) is 1. The van der Waals surface area contributed by atoms with Gasteiger partial charge in [0.2, 0.25) is 0 Å². The van der Waals surface area contributed by atoms with Gasteiger partial charge in [0.05, 0.1) is 5.71 Å². The van der Waals surface area contributed by atoms with Crippen molar-refractivity contribution >= 4 is 16.6 Å². The Labute approximate surface area is 218 Å². The van der Waals surface area contributed by atoms with E-state index in [1.165, 1.54) is 61.5 Å². The van der Waals surface area contributed by atoms with Crippen LogP contribution in [0.2, 0.25) is 0 Å². The Kier molecular flexibility index (Phi) is 6.08. The first kappa shape index (κ1) is 24.6. The van der Waals surface area contributed by atoms with Crippen LogP contribution in [0.5, 0.6) is 0 Å². The van der Waals surface area contributed by atoms with Crippen LogP contribution in [-0.4, -0.2) is 15.9 Å². The lowest BCUT2D eigenvalue weighted by Crippen LogP contribution is -2.57. The zero-order valence-corrected chi connectivity index (χ0v) is 23.3. The molecular formula is C33H48N2O. The lowest BCUT2D eigenvalue weighted by molar-refractivity contribution is -0.0714. The van der Waals surface area contributed by atoms with E-state index in [4.69, 9.17) is 0 Å². The molecule has 2 aromatic rings. The topological polar surface area (TPSA) is 48.4 Å². The molecule has 3 heteroatoms. The van der Waals surface area contributed by atoms with E-state index < -0.39 is 0 Å². The van der Waals surface area contributed by atoms with Gasteiger partial charge in [-0.25, -0.2) is 0 Å². The molecule has 1 aromatic carbocycles. The van der Waals surface area contributed by atoms with Gasteiger partial charge in [-0.05, 0) is 103 Å². The minimum absolute atomic E-state index is 0.185. The van der Waals surface area contributed by atoms with E-state index in [9.17, 15) is 5.21 Å². The summed E-state index contributed by atoms with van der Waals surface area (Å²) in [4.78, 5) is 3.73. The van der Waals surface area contributed by atoms with Crippen LogP contribution in [-0.2, 0) is 12.8 Å². The Hall–Kier alpha value is -1.77. The van der Waals surface area contributed by atoms with E-state index in [1.54, 1.807) is 5.56 Å². The molecule has 0 spiro atoms. The number of fused-ring (bicyclic) bond motifs is 8. The third kappa shape index (κ3) is 3.62. The number of aromatic nitrogens is 1. The molecule has 8 unspecified atom stereocenters. The quantitative estimate of drug-likeness (QED) is 0.321. The van der Waals surface area contributed by atoms with Crippen LogP contribution in [0.1, 0.15) is 97.2 Å². The van der Waals surface area contributed by atoms with Crippen molar-refractivity contribution < 1.29 is 5.21 Å². The number of oxime groups is 1. The monoisotopic (exact) mass is 488 g/mol. The summed E-state index contributed by atoms with van der Waals surface area (Å²) < 4.78 is 0. The number of nitrogens with one attached hydrogen (secondary N) is 1. The summed E-state index contributed by atoms with van der Waals surface area (Å²) in [7, 11) is 0. The van der Waals surface area contributed by atoms with Crippen molar-refractivity contribution in [3.8, 4) is 0 Å². The van der Waals surface area contributed by atoms with E-state index in [0.29, 0.717) is 17.3 Å². The minimum Gasteiger partial charge on any atom is -0.411 e. The maximum atomic E-state index is 10.3. The third-order valence-corrected chi connectivity index (χ3v) is 12.1. The van der Waals surface area contributed by atoms with Crippen molar-refractivity contribution in [1.29, 1.82) is 0 Å². The summed E-state index contributed by atoms with van der Waals surface area (Å²) >= 11 is 0. The van der Waals surface area contributed by atoms with E-state index in [-0.39, 0.29) is 5.41 Å². The van der Waals surface area contributed by atoms with Crippen LogP contribution in [0.4, 0.5) is 0 Å². The molecule has 1 aromatic heterocycles. The number of para-hydroxylation sites is 1. The zero-order chi connectivity index (χ0) is 25.2. The van der Waals surface area contributed by atoms with E-state index >= 15 is 0 Å². The number of hydrogen-bond acceptors (Lipinski definition) is 2. The Morgan fingerprint density at radius 3 is 2.56 bits per heavy atom. The van der Waals surface area contributed by atoms with Gasteiger partial charge in [0.15, 0.2) is 0 Å². The highest BCUT2D eigenvalue weighted by atomic mass is 16.4. The first-order chi connectivity index (χ1) is 17.3. The third-order valence-electron chi connectivity index (χ3n) is 12.1. The molecule has 3 nitrogen and oxygen atoms in total. The fraction of sp³-hybridized carbons (Fsp3) is 0.727. The minimum atomic E-state index is 0.185. The molecule has 8 atom stereocenters. The number of benzene rings is 1. The van der Waals surface area contributed by atoms with Crippen LogP contribution in [0.3, 0.4) is 0 Å². The SMILES string of the molecule is CC(C)CCCC(C)C1CCC2C3C/C(=N\O)C4Cc5[nH]c6ccccc6c5CC4(C)C3CCC12C. The number of H-pyrrole nitrogens is 1. The van der Waals surface area contributed by atoms with Crippen molar-refractivity contribution in [2.24, 2.45) is 57.4 Å². The molecule has 0 aliphatic heterocycles. The number of hydrogen-bond donors (Lipinski definition) is 2. The average molecular weight is 489 g/mol. The predicted molar refractivity (Wildman–Crippen MR) is 150 cm³/mol. The first-order valence-corrected chi connectivity index (χ1v) is 15.1. The molecule has 3 fully saturated rings. The van der Waals surface area contributed by atoms with E-state index in [1.807, 2.05) is 0 Å². The second-order valence-corrected chi connectivity index (χ2v) is 14.3. The Bertz CT molecular complexity index is 1150. The van der Waals surface area contributed by atoms with Gasteiger partial charge in [0, 0.05) is 22.5 Å². The fourth-order valence-corrected chi connectivity index (χ4v) is 10.4. The molecule has 3 saturated carbocycles. The molecule has 4 aliphatic rings. The molecule has 0 amide bonds. The summed E-state index contributed by atoms with van der Waals surface area (Å²) in [5, 5.41) is 15.7. The maximum absolute atomic E-state index is 10.3. The Morgan fingerprint density at radius 2 is 1.78 bits per heavy atom. The zero-order valence-electron chi connectivity index (χ0n) is 23.3. The van der Waals surface area contributed by atoms with Gasteiger partial charge in [0.25, 0.3) is 0 Å². The molecule has 196 valence electrons. The summed E-state index contributed by atoms with van der Waals surface area (Å²) in [6, 6.07) is 8.84. The molecule has 6 rings (SSSR count). The predicted octanol–water partition coefficient (Wildman–Crippen LogP) is 8.64. The standard InChI is InChI=1S/C33H48N2O/c1-20(2)9-8-10-21(3)25-13-14-26-23-17-31(35-36)28-18-30-24(22-11-6-7-12-29(22)34-30)19-33(28,5)27(23)15-16-32(25,26)4/h6-7,11-12,20-21,23,25-28,34,36H,8-10,13-19H2,1-5H3/b35-31+. The van der Waals surface area contributed by atoms with Crippen molar-refractivity contribution in [3.63, 3.8) is 0 Å². The summed E-state index contributed by atoms with van der Waals surface area (Å²) in [5.74, 6) is 5.07. The van der Waals surface area contributed by atoms with E-state index in [0.717, 1.165) is 54.6 Å². The summed E-state index contributed by atoms with van der Waals surface area (Å²) in [5.41, 5.74) is 5.94. The number of aromatic amines is 1. The Morgan fingerprint density at radius 1 is 1.00 bits per heavy atom. The van der Waals surface area contributed by atoms with Gasteiger partial charge in [-0.2, -0.15) is 0 Å². The van der Waals surface area contributed by atoms with Gasteiger partial charge in [0.1, 0.15) is 0 Å². The summed E-state index contributed by atoms with van der Waals surface area (Å²) in [6.45, 7) is 12.5. The molecule has 0 radical (unpaired) electrons. The van der Waals surface area contributed by atoms with Gasteiger partial charge >= 0.3 is 0 Å². The molecule has 1 heterocycles. The molecule has 4 aliphatic carbocycles. The van der Waals surface area contributed by atoms with Gasteiger partial charge in [-0.1, -0.05) is 77.2 Å². The van der Waals surface area contributed by atoms with Crippen molar-refractivity contribution in [1.82, 2.24) is 4.98 Å². The van der Waals surface area contributed by atoms with Crippen LogP contribution in [0.15, 0.2) is 29.4 Å². The van der Waals surface area contributed by atoms with Gasteiger partial charge < -0.3 is 10.2 Å².